The Morgan fingerprint density at radius 3 is 2.10 bits per heavy atom. The number of likely N-dealkylation sites (N-methyl/N-ethyl adjacent to an activating group) is 1. The summed E-state index contributed by atoms with van der Waals surface area (Å²) in [5.41, 5.74) is 0.875. The van der Waals surface area contributed by atoms with Crippen molar-refractivity contribution < 1.29 is 38.2 Å². The Labute approximate surface area is 298 Å². The molecule has 1 aromatic rings. The molecule has 282 valence electrons. The largest absolute Gasteiger partial charge is 0.467 e. The molecule has 50 heavy (non-hydrogen) atoms. The molecule has 1 aliphatic heterocycles. The van der Waals surface area contributed by atoms with E-state index in [1.807, 2.05) is 58.0 Å². The van der Waals surface area contributed by atoms with Gasteiger partial charge in [-0.2, -0.15) is 0 Å². The molecule has 8 atom stereocenters. The Morgan fingerprint density at radius 2 is 1.58 bits per heavy atom. The molecule has 0 aromatic heterocycles. The van der Waals surface area contributed by atoms with Crippen molar-refractivity contribution in [1.82, 2.24) is 25.3 Å². The van der Waals surface area contributed by atoms with Gasteiger partial charge in [-0.05, 0) is 30.2 Å². The molecule has 13 heteroatoms. The average molecular weight is 704 g/mol. The molecule has 2 N–H and O–H groups in total. The quantitative estimate of drug-likeness (QED) is 0.222. The van der Waals surface area contributed by atoms with Gasteiger partial charge in [0.25, 0.3) is 0 Å². The van der Waals surface area contributed by atoms with Gasteiger partial charge in [0.1, 0.15) is 12.1 Å². The number of urea groups is 1. The summed E-state index contributed by atoms with van der Waals surface area (Å²) in [7, 11) is 9.29. The number of nitrogens with one attached hydrogen (secondary N) is 2. The summed E-state index contributed by atoms with van der Waals surface area (Å²) >= 11 is 0. The van der Waals surface area contributed by atoms with Crippen LogP contribution in [0.15, 0.2) is 30.3 Å². The minimum absolute atomic E-state index is 0.00846. The lowest BCUT2D eigenvalue weighted by Gasteiger charge is -2.41. The van der Waals surface area contributed by atoms with Crippen LogP contribution in [-0.2, 0) is 39.8 Å². The van der Waals surface area contributed by atoms with Crippen molar-refractivity contribution in [2.75, 3.05) is 49.0 Å². The summed E-state index contributed by atoms with van der Waals surface area (Å²) in [6, 6.07) is 6.51. The predicted octanol–water partition coefficient (Wildman–Crippen LogP) is 3.10. The minimum Gasteiger partial charge on any atom is -0.467 e. The molecule has 1 fully saturated rings. The third-order valence-electron chi connectivity index (χ3n) is 9.96. The summed E-state index contributed by atoms with van der Waals surface area (Å²) in [5, 5.41) is 5.68. The summed E-state index contributed by atoms with van der Waals surface area (Å²) in [4.78, 5) is 71.4. The van der Waals surface area contributed by atoms with Crippen LogP contribution in [0.25, 0.3) is 0 Å². The van der Waals surface area contributed by atoms with Gasteiger partial charge in [-0.3, -0.25) is 14.4 Å². The fourth-order valence-corrected chi connectivity index (χ4v) is 6.79. The van der Waals surface area contributed by atoms with Crippen LogP contribution in [0.1, 0.15) is 65.9 Å². The van der Waals surface area contributed by atoms with E-state index in [9.17, 15) is 24.0 Å². The number of nitrogens with zero attached hydrogens (tertiary/aromatic N) is 3. The number of ether oxygens (including phenoxy) is 3. The summed E-state index contributed by atoms with van der Waals surface area (Å²) < 4.78 is 16.8. The Hall–Kier alpha value is -3.71. The Kier molecular flexibility index (Phi) is 17.2. The molecule has 0 saturated carbocycles. The van der Waals surface area contributed by atoms with Gasteiger partial charge in [0.05, 0.1) is 43.7 Å². The van der Waals surface area contributed by atoms with Crippen molar-refractivity contribution in [1.29, 1.82) is 0 Å². The van der Waals surface area contributed by atoms with Gasteiger partial charge in [-0.25, -0.2) is 9.59 Å². The molecular formula is C37H61N5O8. The summed E-state index contributed by atoms with van der Waals surface area (Å²) in [6.45, 7) is 10.0. The van der Waals surface area contributed by atoms with Crippen LogP contribution >= 0.6 is 0 Å². The van der Waals surface area contributed by atoms with Crippen LogP contribution < -0.4 is 10.6 Å². The lowest BCUT2D eigenvalue weighted by molar-refractivity contribution is -0.148. The van der Waals surface area contributed by atoms with Gasteiger partial charge in [0.15, 0.2) is 0 Å². The Balaban J connectivity index is 2.26. The van der Waals surface area contributed by atoms with E-state index in [0.717, 1.165) is 18.4 Å². The maximum atomic E-state index is 14.1. The molecule has 1 heterocycles. The van der Waals surface area contributed by atoms with Crippen molar-refractivity contribution in [2.24, 2.45) is 17.8 Å². The van der Waals surface area contributed by atoms with Gasteiger partial charge < -0.3 is 39.5 Å². The number of hydrogen-bond donors (Lipinski definition) is 2. The molecule has 0 spiro atoms. The van der Waals surface area contributed by atoms with Crippen LogP contribution in [0.5, 0.6) is 0 Å². The number of hydrogen-bond acceptors (Lipinski definition) is 8. The number of benzene rings is 1. The van der Waals surface area contributed by atoms with Crippen molar-refractivity contribution >= 4 is 29.7 Å². The number of likely N-dealkylation sites (tertiary alicyclic amines) is 1. The monoisotopic (exact) mass is 703 g/mol. The Bertz CT molecular complexity index is 1260. The predicted molar refractivity (Wildman–Crippen MR) is 191 cm³/mol. The van der Waals surface area contributed by atoms with Crippen molar-refractivity contribution in [3.8, 4) is 0 Å². The van der Waals surface area contributed by atoms with E-state index in [4.69, 9.17) is 14.2 Å². The molecule has 5 amide bonds. The number of carbonyl (C=O) groups is 5. The minimum atomic E-state index is -0.887. The molecule has 13 nitrogen and oxygen atoms in total. The van der Waals surface area contributed by atoms with E-state index in [1.54, 1.807) is 45.0 Å². The lowest BCUT2D eigenvalue weighted by atomic mass is 9.89. The number of carbonyl (C=O) groups excluding carboxylic acids is 5. The molecule has 1 saturated heterocycles. The SMILES string of the molecule is CC[C@H](C)[C@@H]([C@@H](CC(=O)N1CCCC1[C@H](OC)[C@@H](C)C(=O)NC(Cc1ccccc1)C(=O)OC)OC)N(C)C(=O)C(NC(=O)N(C)C)C(C)C. The highest BCUT2D eigenvalue weighted by Crippen LogP contribution is 2.29. The molecule has 3 unspecified atom stereocenters. The maximum absolute atomic E-state index is 14.1. The van der Waals surface area contributed by atoms with Gasteiger partial charge in [0, 0.05) is 48.3 Å². The van der Waals surface area contributed by atoms with Gasteiger partial charge in [-0.1, -0.05) is 71.4 Å². The first-order valence-corrected chi connectivity index (χ1v) is 17.6. The molecule has 0 aliphatic carbocycles. The highest BCUT2D eigenvalue weighted by molar-refractivity contribution is 5.88. The average Bonchev–Trinajstić information content (AvgIpc) is 3.59. The topological polar surface area (TPSA) is 147 Å². The van der Waals surface area contributed by atoms with Crippen LogP contribution in [0.3, 0.4) is 0 Å². The van der Waals surface area contributed by atoms with Crippen molar-refractivity contribution in [3.63, 3.8) is 0 Å². The number of rotatable bonds is 18. The standard InChI is InChI=1S/C37H61N5O8/c1-12-24(4)32(41(8)35(45)31(23(2)3)39-37(47)40(6)7)29(48-9)22-30(43)42-20-16-19-28(42)33(49-10)25(5)34(44)38-27(36(46)50-11)21-26-17-14-13-15-18-26/h13-15,17-18,23-25,27-29,31-33H,12,16,19-22H2,1-11H3,(H,38,44)(H,39,47)/t24-,25+,27?,28?,29+,31?,32-,33+/m0/s1. The van der Waals surface area contributed by atoms with Crippen molar-refractivity contribution in [3.05, 3.63) is 35.9 Å². The zero-order valence-electron chi connectivity index (χ0n) is 31.9. The first-order valence-electron chi connectivity index (χ1n) is 17.6. The highest BCUT2D eigenvalue weighted by Gasteiger charge is 2.43. The second-order valence-electron chi connectivity index (χ2n) is 13.9. The van der Waals surface area contributed by atoms with Crippen LogP contribution in [0.4, 0.5) is 4.79 Å². The lowest BCUT2D eigenvalue weighted by Crippen LogP contribution is -2.58. The van der Waals surface area contributed by atoms with Gasteiger partial charge >= 0.3 is 12.0 Å². The molecule has 1 aromatic carbocycles. The zero-order valence-corrected chi connectivity index (χ0v) is 31.9. The number of amides is 5. The van der Waals surface area contributed by atoms with E-state index in [0.29, 0.717) is 13.0 Å². The van der Waals surface area contributed by atoms with E-state index in [-0.39, 0.29) is 54.5 Å². The second-order valence-corrected chi connectivity index (χ2v) is 13.9. The normalized spacial score (nSPS) is 18.6. The van der Waals surface area contributed by atoms with E-state index >= 15 is 0 Å². The summed E-state index contributed by atoms with van der Waals surface area (Å²) in [6.07, 6.45) is 1.10. The highest BCUT2D eigenvalue weighted by atomic mass is 16.5. The number of methoxy groups -OCH3 is 3. The fourth-order valence-electron chi connectivity index (χ4n) is 6.79. The van der Waals surface area contributed by atoms with Crippen LogP contribution in [-0.4, -0.2) is 130 Å². The molecular weight excluding hydrogens is 642 g/mol. The van der Waals surface area contributed by atoms with Gasteiger partial charge in [0.2, 0.25) is 17.7 Å². The first kappa shape index (κ1) is 42.5. The fraction of sp³-hybridized carbons (Fsp3) is 0.703. The molecule has 0 radical (unpaired) electrons. The van der Waals surface area contributed by atoms with Gasteiger partial charge in [-0.15, -0.1) is 0 Å². The third-order valence-corrected chi connectivity index (χ3v) is 9.96. The number of esters is 1. The van der Waals surface area contributed by atoms with E-state index < -0.39 is 42.2 Å². The first-order chi connectivity index (χ1) is 23.6. The Morgan fingerprint density at radius 1 is 0.940 bits per heavy atom. The van der Waals surface area contributed by atoms with Crippen LogP contribution in [0.2, 0.25) is 0 Å². The zero-order chi connectivity index (χ0) is 37.7. The van der Waals surface area contributed by atoms with Crippen molar-refractivity contribution in [2.45, 2.75) is 103 Å². The molecule has 1 aliphatic rings. The molecule has 0 bridgehead atoms. The van der Waals surface area contributed by atoms with Crippen LogP contribution in [0, 0.1) is 17.8 Å². The van der Waals surface area contributed by atoms with E-state index in [2.05, 4.69) is 10.6 Å². The second kappa shape index (κ2) is 20.2. The molecule has 2 rings (SSSR count). The summed E-state index contributed by atoms with van der Waals surface area (Å²) in [5.74, 6) is -2.25. The van der Waals surface area contributed by atoms with E-state index in [1.165, 1.54) is 19.1 Å². The smallest absolute Gasteiger partial charge is 0.328 e. The third kappa shape index (κ3) is 11.1. The maximum Gasteiger partial charge on any atom is 0.328 e.